The van der Waals surface area contributed by atoms with Crippen molar-refractivity contribution in [2.45, 2.75) is 13.8 Å². The van der Waals surface area contributed by atoms with Gasteiger partial charge in [0.15, 0.2) is 0 Å². The largest absolute Gasteiger partial charge is 0.493 e. The van der Waals surface area contributed by atoms with E-state index in [9.17, 15) is 0 Å². The second-order valence-electron chi connectivity index (χ2n) is 4.65. The van der Waals surface area contributed by atoms with Gasteiger partial charge in [-0.1, -0.05) is 36.4 Å². The predicted octanol–water partition coefficient (Wildman–Crippen LogP) is 4.79. The Labute approximate surface area is 118 Å². The molecule has 0 unspecified atom stereocenters. The van der Waals surface area contributed by atoms with Crippen LogP contribution in [0.1, 0.15) is 13.8 Å². The van der Waals surface area contributed by atoms with Crippen LogP contribution in [0.25, 0.3) is 21.5 Å². The molecular weight excluding hydrogens is 248 g/mol. The highest BCUT2D eigenvalue weighted by Crippen LogP contribution is 2.40. The van der Waals surface area contributed by atoms with E-state index in [0.717, 1.165) is 27.7 Å². The van der Waals surface area contributed by atoms with Crippen LogP contribution in [0.15, 0.2) is 48.5 Å². The lowest BCUT2D eigenvalue weighted by Gasteiger charge is -2.15. The molecule has 0 atom stereocenters. The van der Waals surface area contributed by atoms with Crippen molar-refractivity contribution in [3.8, 4) is 11.5 Å². The van der Waals surface area contributed by atoms with E-state index < -0.39 is 0 Å². The normalized spacial score (nSPS) is 10.9. The molecule has 2 heteroatoms. The smallest absolute Gasteiger partial charge is 0.138 e. The Morgan fingerprint density at radius 2 is 1.55 bits per heavy atom. The van der Waals surface area contributed by atoms with Crippen molar-refractivity contribution in [1.82, 2.24) is 0 Å². The standard InChI is InChI=1S/C18H18O2/c1-3-19-16-11-7-9-14-12-13-8-5-6-10-15(13)18(17(14)16)20-4-2/h5-12H,3-4H2,1-2H3. The third-order valence-electron chi connectivity index (χ3n) is 3.39. The molecule has 0 saturated carbocycles. The van der Waals surface area contributed by atoms with E-state index in [4.69, 9.17) is 9.47 Å². The average molecular weight is 266 g/mol. The first-order valence-corrected chi connectivity index (χ1v) is 7.05. The van der Waals surface area contributed by atoms with Gasteiger partial charge in [0, 0.05) is 5.39 Å². The molecule has 102 valence electrons. The summed E-state index contributed by atoms with van der Waals surface area (Å²) in [7, 11) is 0. The lowest BCUT2D eigenvalue weighted by molar-refractivity contribution is 0.334. The van der Waals surface area contributed by atoms with Gasteiger partial charge in [0.05, 0.1) is 18.6 Å². The van der Waals surface area contributed by atoms with Crippen LogP contribution in [0, 0.1) is 0 Å². The van der Waals surface area contributed by atoms with Gasteiger partial charge in [0.1, 0.15) is 11.5 Å². The van der Waals surface area contributed by atoms with Crippen LogP contribution in [-0.4, -0.2) is 13.2 Å². The summed E-state index contributed by atoms with van der Waals surface area (Å²) in [6.45, 7) is 5.30. The number of hydrogen-bond acceptors (Lipinski definition) is 2. The first-order chi connectivity index (χ1) is 9.85. The molecule has 20 heavy (non-hydrogen) atoms. The van der Waals surface area contributed by atoms with Crippen molar-refractivity contribution < 1.29 is 9.47 Å². The molecule has 0 heterocycles. The number of fused-ring (bicyclic) bond motifs is 2. The molecule has 0 aliphatic rings. The maximum Gasteiger partial charge on any atom is 0.138 e. The summed E-state index contributed by atoms with van der Waals surface area (Å²) in [5.41, 5.74) is 0. The number of hydrogen-bond donors (Lipinski definition) is 0. The molecule has 3 aromatic rings. The highest BCUT2D eigenvalue weighted by Gasteiger charge is 2.12. The predicted molar refractivity (Wildman–Crippen MR) is 83.8 cm³/mol. The van der Waals surface area contributed by atoms with Gasteiger partial charge in [-0.15, -0.1) is 0 Å². The van der Waals surface area contributed by atoms with Crippen LogP contribution in [0.3, 0.4) is 0 Å². The van der Waals surface area contributed by atoms with Crippen molar-refractivity contribution in [3.05, 3.63) is 48.5 Å². The average Bonchev–Trinajstić information content (AvgIpc) is 2.47. The van der Waals surface area contributed by atoms with E-state index >= 15 is 0 Å². The molecule has 0 aromatic heterocycles. The lowest BCUT2D eigenvalue weighted by atomic mass is 10.0. The molecule has 0 amide bonds. The Hall–Kier alpha value is -2.22. The van der Waals surface area contributed by atoms with E-state index in [1.807, 2.05) is 32.0 Å². The number of ether oxygens (including phenoxy) is 2. The molecule has 0 N–H and O–H groups in total. The summed E-state index contributed by atoms with van der Waals surface area (Å²) in [6, 6.07) is 16.6. The fourth-order valence-corrected chi connectivity index (χ4v) is 2.61. The van der Waals surface area contributed by atoms with E-state index in [2.05, 4.69) is 30.3 Å². The zero-order chi connectivity index (χ0) is 13.9. The zero-order valence-corrected chi connectivity index (χ0v) is 11.8. The number of rotatable bonds is 4. The molecule has 0 fully saturated rings. The molecule has 0 radical (unpaired) electrons. The molecule has 0 spiro atoms. The van der Waals surface area contributed by atoms with Gasteiger partial charge in [-0.3, -0.25) is 0 Å². The topological polar surface area (TPSA) is 18.5 Å². The lowest BCUT2D eigenvalue weighted by Crippen LogP contribution is -1.97. The van der Waals surface area contributed by atoms with E-state index in [0.29, 0.717) is 13.2 Å². The Morgan fingerprint density at radius 3 is 2.35 bits per heavy atom. The fourth-order valence-electron chi connectivity index (χ4n) is 2.61. The van der Waals surface area contributed by atoms with Gasteiger partial charge in [0.2, 0.25) is 0 Å². The van der Waals surface area contributed by atoms with E-state index in [-0.39, 0.29) is 0 Å². The molecule has 3 aromatic carbocycles. The quantitative estimate of drug-likeness (QED) is 0.632. The van der Waals surface area contributed by atoms with Crippen molar-refractivity contribution in [1.29, 1.82) is 0 Å². The number of benzene rings is 3. The van der Waals surface area contributed by atoms with Crippen LogP contribution >= 0.6 is 0 Å². The third kappa shape index (κ3) is 2.07. The first kappa shape index (κ1) is 12.8. The third-order valence-corrected chi connectivity index (χ3v) is 3.39. The summed E-state index contributed by atoms with van der Waals surface area (Å²) in [4.78, 5) is 0. The van der Waals surface area contributed by atoms with Gasteiger partial charge in [-0.2, -0.15) is 0 Å². The van der Waals surface area contributed by atoms with Gasteiger partial charge in [-0.25, -0.2) is 0 Å². The molecule has 0 bridgehead atoms. The van der Waals surface area contributed by atoms with Crippen LogP contribution in [0.2, 0.25) is 0 Å². The van der Waals surface area contributed by atoms with E-state index in [1.165, 1.54) is 5.39 Å². The minimum Gasteiger partial charge on any atom is -0.493 e. The Morgan fingerprint density at radius 1 is 0.800 bits per heavy atom. The SMILES string of the molecule is CCOc1cccc2cc3ccccc3c(OCC)c12. The first-order valence-electron chi connectivity index (χ1n) is 7.05. The maximum atomic E-state index is 5.94. The minimum atomic E-state index is 0.642. The molecule has 0 saturated heterocycles. The molecule has 0 aliphatic carbocycles. The van der Waals surface area contributed by atoms with Crippen molar-refractivity contribution >= 4 is 21.5 Å². The second-order valence-corrected chi connectivity index (χ2v) is 4.65. The van der Waals surface area contributed by atoms with Crippen molar-refractivity contribution in [2.24, 2.45) is 0 Å². The monoisotopic (exact) mass is 266 g/mol. The van der Waals surface area contributed by atoms with Crippen molar-refractivity contribution in [3.63, 3.8) is 0 Å². The van der Waals surface area contributed by atoms with Crippen molar-refractivity contribution in [2.75, 3.05) is 13.2 Å². The van der Waals surface area contributed by atoms with E-state index in [1.54, 1.807) is 0 Å². The summed E-state index contributed by atoms with van der Waals surface area (Å²) in [6.07, 6.45) is 0. The summed E-state index contributed by atoms with van der Waals surface area (Å²) < 4.78 is 11.7. The molecular formula is C18H18O2. The highest BCUT2D eigenvalue weighted by molar-refractivity contribution is 6.07. The molecule has 2 nitrogen and oxygen atoms in total. The van der Waals surface area contributed by atoms with Crippen LogP contribution < -0.4 is 9.47 Å². The fraction of sp³-hybridized carbons (Fsp3) is 0.222. The van der Waals surface area contributed by atoms with Crippen LogP contribution in [0.5, 0.6) is 11.5 Å². The molecule has 0 aliphatic heterocycles. The maximum absolute atomic E-state index is 5.94. The second kappa shape index (κ2) is 5.41. The van der Waals surface area contributed by atoms with Gasteiger partial charge < -0.3 is 9.47 Å². The Bertz CT molecular complexity index is 747. The zero-order valence-electron chi connectivity index (χ0n) is 11.8. The van der Waals surface area contributed by atoms with Gasteiger partial charge >= 0.3 is 0 Å². The molecule has 3 rings (SSSR count). The summed E-state index contributed by atoms with van der Waals surface area (Å²) >= 11 is 0. The summed E-state index contributed by atoms with van der Waals surface area (Å²) in [5.74, 6) is 1.81. The van der Waals surface area contributed by atoms with Crippen LogP contribution in [0.4, 0.5) is 0 Å². The highest BCUT2D eigenvalue weighted by atomic mass is 16.5. The Balaban J connectivity index is 2.42. The Kier molecular flexibility index (Phi) is 3.46. The summed E-state index contributed by atoms with van der Waals surface area (Å²) in [5, 5.41) is 4.54. The minimum absolute atomic E-state index is 0.642. The van der Waals surface area contributed by atoms with Gasteiger partial charge in [0.25, 0.3) is 0 Å². The van der Waals surface area contributed by atoms with Gasteiger partial charge in [-0.05, 0) is 36.8 Å². The van der Waals surface area contributed by atoms with Crippen LogP contribution in [-0.2, 0) is 0 Å².